The van der Waals surface area contributed by atoms with Crippen molar-refractivity contribution in [3.8, 4) is 0 Å². The minimum Gasteiger partial charge on any atom is -0.409 e. The molecule has 4 N–H and O–H groups in total. The van der Waals surface area contributed by atoms with Crippen molar-refractivity contribution in [2.45, 2.75) is 11.4 Å². The van der Waals surface area contributed by atoms with Crippen molar-refractivity contribution < 1.29 is 9.60 Å². The van der Waals surface area contributed by atoms with E-state index in [0.717, 1.165) is 10.6 Å². The fraction of sp³-hybridized carbons (Fsp3) is 0.133. The van der Waals surface area contributed by atoms with E-state index in [4.69, 9.17) is 10.9 Å². The number of nitrogens with two attached hydrogens (primary N) is 1. The zero-order valence-corrected chi connectivity index (χ0v) is 12.3. The van der Waals surface area contributed by atoms with Crippen molar-refractivity contribution in [3.05, 3.63) is 59.4 Å². The fourth-order valence-electron chi connectivity index (χ4n) is 1.89. The molecule has 4 nitrogen and oxygen atoms in total. The molecule has 6 heteroatoms. The molecule has 0 heterocycles. The van der Waals surface area contributed by atoms with Gasteiger partial charge in [0, 0.05) is 28.3 Å². The Balaban J connectivity index is 2.14. The van der Waals surface area contributed by atoms with Gasteiger partial charge < -0.3 is 16.3 Å². The van der Waals surface area contributed by atoms with Gasteiger partial charge in [0.15, 0.2) is 5.84 Å². The predicted octanol–water partition coefficient (Wildman–Crippen LogP) is 3.25. The monoisotopic (exact) mass is 305 g/mol. The van der Waals surface area contributed by atoms with Gasteiger partial charge in [-0.3, -0.25) is 0 Å². The van der Waals surface area contributed by atoms with Crippen LogP contribution in [0.1, 0.15) is 11.1 Å². The van der Waals surface area contributed by atoms with Crippen LogP contribution in [0.2, 0.25) is 0 Å². The van der Waals surface area contributed by atoms with E-state index < -0.39 is 5.82 Å². The average Bonchev–Trinajstić information content (AvgIpc) is 2.53. The maximum Gasteiger partial charge on any atom is 0.170 e. The summed E-state index contributed by atoms with van der Waals surface area (Å²) in [6, 6.07) is 12.3. The summed E-state index contributed by atoms with van der Waals surface area (Å²) in [5.41, 5.74) is 7.26. The number of nitrogens with zero attached hydrogens (tertiary/aromatic N) is 1. The molecule has 2 aromatic carbocycles. The molecule has 0 aliphatic heterocycles. The highest BCUT2D eigenvalue weighted by atomic mass is 32.2. The largest absolute Gasteiger partial charge is 0.409 e. The lowest BCUT2D eigenvalue weighted by Gasteiger charge is -2.11. The molecular formula is C15H16FN3OS. The highest BCUT2D eigenvalue weighted by molar-refractivity contribution is 7.98. The van der Waals surface area contributed by atoms with Crippen LogP contribution in [-0.2, 0) is 6.54 Å². The third kappa shape index (κ3) is 3.66. The van der Waals surface area contributed by atoms with E-state index in [9.17, 15) is 4.39 Å². The van der Waals surface area contributed by atoms with Gasteiger partial charge in [-0.05, 0) is 24.5 Å². The molecule has 0 bridgehead atoms. The molecule has 0 atom stereocenters. The normalized spacial score (nSPS) is 11.4. The number of hydrogen-bond acceptors (Lipinski definition) is 4. The highest BCUT2D eigenvalue weighted by Crippen LogP contribution is 2.25. The summed E-state index contributed by atoms with van der Waals surface area (Å²) >= 11 is 1.63. The van der Waals surface area contributed by atoms with E-state index in [0.29, 0.717) is 17.7 Å². The molecule has 0 amide bonds. The molecule has 0 unspecified atom stereocenters. The van der Waals surface area contributed by atoms with Crippen molar-refractivity contribution in [1.82, 2.24) is 0 Å². The van der Waals surface area contributed by atoms with Crippen molar-refractivity contribution in [3.63, 3.8) is 0 Å². The van der Waals surface area contributed by atoms with Crippen LogP contribution in [0.3, 0.4) is 0 Å². The number of thioether (sulfide) groups is 1. The second-order valence-corrected chi connectivity index (χ2v) is 5.19. The first-order chi connectivity index (χ1) is 10.2. The smallest absolute Gasteiger partial charge is 0.170 e. The van der Waals surface area contributed by atoms with E-state index in [1.807, 2.05) is 30.5 Å². The first-order valence-corrected chi connectivity index (χ1v) is 7.51. The van der Waals surface area contributed by atoms with Crippen molar-refractivity contribution >= 4 is 23.3 Å². The van der Waals surface area contributed by atoms with Gasteiger partial charge in [0.1, 0.15) is 5.82 Å². The Bertz CT molecular complexity index is 661. The lowest BCUT2D eigenvalue weighted by Crippen LogP contribution is -2.14. The number of hydrogen-bond donors (Lipinski definition) is 3. The van der Waals surface area contributed by atoms with Crippen molar-refractivity contribution in [1.29, 1.82) is 0 Å². The van der Waals surface area contributed by atoms with E-state index >= 15 is 0 Å². The van der Waals surface area contributed by atoms with Gasteiger partial charge in [0.05, 0.1) is 0 Å². The summed E-state index contributed by atoms with van der Waals surface area (Å²) in [7, 11) is 0. The summed E-state index contributed by atoms with van der Waals surface area (Å²) in [5.74, 6) is -0.505. The Kier molecular flexibility index (Phi) is 5.05. The molecule has 0 saturated heterocycles. The number of anilines is 1. The van der Waals surface area contributed by atoms with Crippen LogP contribution in [0.5, 0.6) is 0 Å². The zero-order valence-electron chi connectivity index (χ0n) is 11.5. The summed E-state index contributed by atoms with van der Waals surface area (Å²) in [4.78, 5) is 1.10. The highest BCUT2D eigenvalue weighted by Gasteiger charge is 2.07. The molecule has 2 rings (SSSR count). The van der Waals surface area contributed by atoms with Crippen molar-refractivity contribution in [2.75, 3.05) is 11.6 Å². The number of oxime groups is 1. The molecule has 110 valence electrons. The Morgan fingerprint density at radius 2 is 2.10 bits per heavy atom. The molecule has 0 aromatic heterocycles. The maximum absolute atomic E-state index is 14.0. The van der Waals surface area contributed by atoms with Gasteiger partial charge in [-0.25, -0.2) is 4.39 Å². The van der Waals surface area contributed by atoms with E-state index in [1.165, 1.54) is 6.07 Å². The van der Waals surface area contributed by atoms with E-state index in [1.54, 1.807) is 23.9 Å². The molecule has 0 fully saturated rings. The topological polar surface area (TPSA) is 70.6 Å². The van der Waals surface area contributed by atoms with Gasteiger partial charge in [0.2, 0.25) is 0 Å². The molecule has 0 spiro atoms. The Hall–Kier alpha value is -2.21. The van der Waals surface area contributed by atoms with Gasteiger partial charge in [-0.1, -0.05) is 29.4 Å². The molecule has 21 heavy (non-hydrogen) atoms. The van der Waals surface area contributed by atoms with Crippen LogP contribution in [0.4, 0.5) is 10.1 Å². The maximum atomic E-state index is 14.0. The minimum absolute atomic E-state index is 0.110. The minimum atomic E-state index is -0.395. The first-order valence-electron chi connectivity index (χ1n) is 6.29. The van der Waals surface area contributed by atoms with Crippen LogP contribution in [0, 0.1) is 5.82 Å². The van der Waals surface area contributed by atoms with E-state index in [-0.39, 0.29) is 5.84 Å². The Morgan fingerprint density at radius 3 is 2.76 bits per heavy atom. The summed E-state index contributed by atoms with van der Waals surface area (Å²) < 4.78 is 14.0. The Morgan fingerprint density at radius 1 is 1.33 bits per heavy atom. The second-order valence-electron chi connectivity index (χ2n) is 4.35. The second kappa shape index (κ2) is 6.99. The molecular weight excluding hydrogens is 289 g/mol. The number of para-hydroxylation sites is 1. The molecule has 0 aliphatic carbocycles. The van der Waals surface area contributed by atoms with Gasteiger partial charge in [-0.15, -0.1) is 11.8 Å². The molecule has 0 aliphatic rings. The summed E-state index contributed by atoms with van der Waals surface area (Å²) in [5, 5.41) is 14.7. The van der Waals surface area contributed by atoms with Crippen molar-refractivity contribution in [2.24, 2.45) is 10.9 Å². The Labute approximate surface area is 126 Å². The van der Waals surface area contributed by atoms with Gasteiger partial charge in [-0.2, -0.15) is 0 Å². The first kappa shape index (κ1) is 15.2. The lowest BCUT2D eigenvalue weighted by molar-refractivity contribution is 0.318. The number of halogens is 1. The van der Waals surface area contributed by atoms with Crippen LogP contribution in [0.25, 0.3) is 0 Å². The van der Waals surface area contributed by atoms with Crippen LogP contribution in [-0.4, -0.2) is 17.3 Å². The fourth-order valence-corrected chi connectivity index (χ4v) is 2.46. The van der Waals surface area contributed by atoms with Crippen LogP contribution >= 0.6 is 11.8 Å². The predicted molar refractivity (Wildman–Crippen MR) is 84.5 cm³/mol. The van der Waals surface area contributed by atoms with E-state index in [2.05, 4.69) is 10.5 Å². The number of nitrogens with one attached hydrogen (secondary N) is 1. The molecule has 2 aromatic rings. The van der Waals surface area contributed by atoms with Gasteiger partial charge in [0.25, 0.3) is 0 Å². The standard InChI is InChI=1S/C15H16FN3OS/c1-21-14-5-3-2-4-13(14)18-9-11-7-6-10(8-12(11)16)15(17)19-20/h2-8,18,20H,9H2,1H3,(H2,17,19). The summed E-state index contributed by atoms with van der Waals surface area (Å²) in [6.45, 7) is 0.361. The van der Waals surface area contributed by atoms with Crippen LogP contribution in [0.15, 0.2) is 52.5 Å². The number of benzene rings is 2. The third-order valence-corrected chi connectivity index (χ3v) is 3.83. The average molecular weight is 305 g/mol. The number of rotatable bonds is 5. The molecule has 0 saturated carbocycles. The van der Waals surface area contributed by atoms with Gasteiger partial charge >= 0.3 is 0 Å². The summed E-state index contributed by atoms with van der Waals surface area (Å²) in [6.07, 6.45) is 1.99. The lowest BCUT2D eigenvalue weighted by atomic mass is 10.1. The molecule has 0 radical (unpaired) electrons. The quantitative estimate of drug-likeness (QED) is 0.261. The number of amidine groups is 1. The SMILES string of the molecule is CSc1ccccc1NCc1ccc(/C(N)=N/O)cc1F. The third-order valence-electron chi connectivity index (χ3n) is 3.03. The van der Waals surface area contributed by atoms with Crippen LogP contribution < -0.4 is 11.1 Å². The zero-order chi connectivity index (χ0) is 15.2.